The van der Waals surface area contributed by atoms with Gasteiger partial charge in [-0.15, -0.1) is 17.0 Å². The highest BCUT2D eigenvalue weighted by Gasteiger charge is 2.30. The van der Waals surface area contributed by atoms with E-state index >= 15 is 0 Å². The van der Waals surface area contributed by atoms with Crippen LogP contribution in [0.1, 0.15) is 21.5 Å². The number of alkyl halides is 3. The molecule has 0 aliphatic heterocycles. The van der Waals surface area contributed by atoms with Gasteiger partial charge in [-0.25, -0.2) is 4.99 Å². The highest BCUT2D eigenvalue weighted by Crippen LogP contribution is 2.29. The first-order chi connectivity index (χ1) is 12.8. The number of nitrogens with one attached hydrogen (secondary N) is 2. The van der Waals surface area contributed by atoms with Crippen LogP contribution in [0.25, 0.3) is 0 Å². The molecular weight excluding hydrogens is 505 g/mol. The van der Waals surface area contributed by atoms with Gasteiger partial charge in [0.05, 0.1) is 12.1 Å². The van der Waals surface area contributed by atoms with Crippen molar-refractivity contribution in [2.45, 2.75) is 12.7 Å². The molecule has 10 heteroatoms. The second-order valence-electron chi connectivity index (χ2n) is 5.59. The van der Waals surface area contributed by atoms with Crippen molar-refractivity contribution < 1.29 is 18.0 Å². The molecule has 0 radical (unpaired) electrons. The first kappa shape index (κ1) is 24.0. The predicted molar refractivity (Wildman–Crippen MR) is 112 cm³/mol. The maximum absolute atomic E-state index is 12.7. The zero-order valence-corrected chi connectivity index (χ0v) is 17.9. The van der Waals surface area contributed by atoms with Gasteiger partial charge in [0.15, 0.2) is 5.96 Å². The number of benzene rings is 2. The van der Waals surface area contributed by atoms with Gasteiger partial charge in [-0.3, -0.25) is 4.79 Å². The van der Waals surface area contributed by atoms with E-state index in [2.05, 4.69) is 31.6 Å². The van der Waals surface area contributed by atoms with Gasteiger partial charge in [0.2, 0.25) is 0 Å². The zero-order chi connectivity index (χ0) is 19.9. The molecule has 0 fully saturated rings. The molecule has 0 aromatic heterocycles. The molecule has 0 saturated carbocycles. The average molecular weight is 524 g/mol. The minimum absolute atomic E-state index is 0. The number of hydrogen-bond acceptors (Lipinski definition) is 2. The van der Waals surface area contributed by atoms with Crippen LogP contribution in [0.5, 0.6) is 0 Å². The minimum Gasteiger partial charge on any atom is -0.370 e. The van der Waals surface area contributed by atoms with Crippen LogP contribution in [0.15, 0.2) is 58.0 Å². The number of rotatable bonds is 6. The summed E-state index contributed by atoms with van der Waals surface area (Å²) in [5.41, 5.74) is 5.90. The van der Waals surface area contributed by atoms with E-state index in [0.717, 1.165) is 16.6 Å². The van der Waals surface area contributed by atoms with Crippen molar-refractivity contribution in [3.63, 3.8) is 0 Å². The van der Waals surface area contributed by atoms with E-state index in [1.165, 1.54) is 6.07 Å². The monoisotopic (exact) mass is 522 g/mol. The summed E-state index contributed by atoms with van der Waals surface area (Å²) >= 11 is 3.29. The van der Waals surface area contributed by atoms with Gasteiger partial charge >= 0.3 is 6.18 Å². The molecule has 152 valence electrons. The Hall–Kier alpha value is -2.07. The number of carbonyl (C=O) groups is 1. The van der Waals surface area contributed by atoms with Crippen LogP contribution >= 0.6 is 32.9 Å². The van der Waals surface area contributed by atoms with Crippen LogP contribution in [0.3, 0.4) is 0 Å². The number of carbonyl (C=O) groups excluding carboxylic acids is 1. The lowest BCUT2D eigenvalue weighted by atomic mass is 10.1. The van der Waals surface area contributed by atoms with Crippen LogP contribution in [0, 0.1) is 0 Å². The lowest BCUT2D eigenvalue weighted by Gasteiger charge is -2.09. The summed E-state index contributed by atoms with van der Waals surface area (Å²) in [7, 11) is 0. The highest BCUT2D eigenvalue weighted by molar-refractivity contribution is 9.10. The molecule has 4 N–H and O–H groups in total. The van der Waals surface area contributed by atoms with Crippen molar-refractivity contribution in [1.82, 2.24) is 10.6 Å². The minimum atomic E-state index is -4.39. The normalized spacial score (nSPS) is 11.5. The Balaban J connectivity index is 0.00000392. The quantitative estimate of drug-likeness (QED) is 0.305. The van der Waals surface area contributed by atoms with E-state index in [0.29, 0.717) is 24.2 Å². The summed E-state index contributed by atoms with van der Waals surface area (Å²) in [6.07, 6.45) is -4.39. The molecule has 28 heavy (non-hydrogen) atoms. The molecular formula is C18H19Br2F3N4O. The van der Waals surface area contributed by atoms with Gasteiger partial charge in [0.25, 0.3) is 5.91 Å². The molecule has 5 nitrogen and oxygen atoms in total. The Labute approximate surface area is 179 Å². The van der Waals surface area contributed by atoms with Crippen LogP contribution in [-0.4, -0.2) is 25.0 Å². The fourth-order valence-electron chi connectivity index (χ4n) is 2.15. The molecule has 0 unspecified atom stereocenters. The van der Waals surface area contributed by atoms with Crippen molar-refractivity contribution in [3.8, 4) is 0 Å². The number of nitrogens with two attached hydrogens (primary N) is 1. The topological polar surface area (TPSA) is 79.5 Å². The number of hydrogen-bond donors (Lipinski definition) is 3. The maximum atomic E-state index is 12.7. The van der Waals surface area contributed by atoms with Gasteiger partial charge in [0.1, 0.15) is 0 Å². The Morgan fingerprint density at radius 1 is 1.07 bits per heavy atom. The van der Waals surface area contributed by atoms with Crippen LogP contribution in [0.2, 0.25) is 0 Å². The molecule has 0 aliphatic rings. The van der Waals surface area contributed by atoms with Gasteiger partial charge < -0.3 is 16.4 Å². The largest absolute Gasteiger partial charge is 0.416 e. The standard InChI is InChI=1S/C18H18BrF3N4O.BrH/c19-15-6-4-13(5-7-15)16(27)24-8-9-25-17(23)26-11-12-2-1-3-14(10-12)18(20,21)22;/h1-7,10H,8-9,11H2,(H,24,27)(H3,23,25,26);1H. The third-order valence-electron chi connectivity index (χ3n) is 3.51. The summed E-state index contributed by atoms with van der Waals surface area (Å²) in [5, 5.41) is 5.52. The molecule has 0 bridgehead atoms. The van der Waals surface area contributed by atoms with E-state index in [9.17, 15) is 18.0 Å². The number of guanidine groups is 1. The van der Waals surface area contributed by atoms with E-state index in [1.54, 1.807) is 30.3 Å². The number of nitrogens with zero attached hydrogens (tertiary/aromatic N) is 1. The maximum Gasteiger partial charge on any atom is 0.416 e. The van der Waals surface area contributed by atoms with Crippen molar-refractivity contribution in [1.29, 1.82) is 0 Å². The second kappa shape index (κ2) is 11.1. The van der Waals surface area contributed by atoms with Crippen molar-refractivity contribution >= 4 is 44.8 Å². The fraction of sp³-hybridized carbons (Fsp3) is 0.222. The van der Waals surface area contributed by atoms with Crippen molar-refractivity contribution in [2.24, 2.45) is 10.7 Å². The Bertz CT molecular complexity index is 811. The SMILES string of the molecule is Br.NC(=NCc1cccc(C(F)(F)F)c1)NCCNC(=O)c1ccc(Br)cc1. The molecule has 2 aromatic rings. The van der Waals surface area contributed by atoms with Crippen LogP contribution in [-0.2, 0) is 12.7 Å². The summed E-state index contributed by atoms with van der Waals surface area (Å²) in [5.74, 6) is -0.130. The molecule has 2 aromatic carbocycles. The van der Waals surface area contributed by atoms with E-state index in [-0.39, 0.29) is 35.4 Å². The molecule has 0 heterocycles. The molecule has 2 rings (SSSR count). The second-order valence-corrected chi connectivity index (χ2v) is 6.50. The van der Waals surface area contributed by atoms with Gasteiger partial charge in [-0.2, -0.15) is 13.2 Å². The lowest BCUT2D eigenvalue weighted by molar-refractivity contribution is -0.137. The van der Waals surface area contributed by atoms with Crippen LogP contribution < -0.4 is 16.4 Å². The summed E-state index contributed by atoms with van der Waals surface area (Å²) in [6, 6.07) is 11.8. The molecule has 1 amide bonds. The third kappa shape index (κ3) is 7.89. The first-order valence-electron chi connectivity index (χ1n) is 7.99. The highest BCUT2D eigenvalue weighted by atomic mass is 79.9. The van der Waals surface area contributed by atoms with E-state index in [1.807, 2.05) is 0 Å². The summed E-state index contributed by atoms with van der Waals surface area (Å²) in [4.78, 5) is 15.9. The smallest absolute Gasteiger partial charge is 0.370 e. The lowest BCUT2D eigenvalue weighted by Crippen LogP contribution is -2.38. The molecule has 0 atom stereocenters. The van der Waals surface area contributed by atoms with Gasteiger partial charge in [-0.1, -0.05) is 28.1 Å². The number of halogens is 5. The molecule has 0 aliphatic carbocycles. The first-order valence-corrected chi connectivity index (χ1v) is 8.78. The third-order valence-corrected chi connectivity index (χ3v) is 4.04. The average Bonchev–Trinajstić information content (AvgIpc) is 2.63. The number of aliphatic imine (C=N–C) groups is 1. The van der Waals surface area contributed by atoms with Gasteiger partial charge in [-0.05, 0) is 42.0 Å². The Morgan fingerprint density at radius 2 is 1.71 bits per heavy atom. The predicted octanol–water partition coefficient (Wildman–Crippen LogP) is 3.88. The van der Waals surface area contributed by atoms with Crippen molar-refractivity contribution in [2.75, 3.05) is 13.1 Å². The zero-order valence-electron chi connectivity index (χ0n) is 14.6. The summed E-state index contributed by atoms with van der Waals surface area (Å²) < 4.78 is 38.9. The van der Waals surface area contributed by atoms with E-state index < -0.39 is 11.7 Å². The Kier molecular flexibility index (Phi) is 9.47. The fourth-order valence-corrected chi connectivity index (χ4v) is 2.41. The summed E-state index contributed by atoms with van der Waals surface area (Å²) in [6.45, 7) is 0.670. The van der Waals surface area contributed by atoms with Crippen molar-refractivity contribution in [3.05, 3.63) is 69.7 Å². The van der Waals surface area contributed by atoms with Crippen LogP contribution in [0.4, 0.5) is 13.2 Å². The molecule has 0 spiro atoms. The Morgan fingerprint density at radius 3 is 2.36 bits per heavy atom. The van der Waals surface area contributed by atoms with E-state index in [4.69, 9.17) is 5.73 Å². The molecule has 0 saturated heterocycles. The van der Waals surface area contributed by atoms with Gasteiger partial charge in [0, 0.05) is 23.1 Å². The number of amides is 1.